The van der Waals surface area contributed by atoms with Gasteiger partial charge in [0.05, 0.1) is 0 Å². The van der Waals surface area contributed by atoms with Crippen LogP contribution in [0.25, 0.3) is 0 Å². The van der Waals surface area contributed by atoms with E-state index in [2.05, 4.69) is 67.6 Å². The molecule has 22 heavy (non-hydrogen) atoms. The lowest BCUT2D eigenvalue weighted by molar-refractivity contribution is 0.765. The maximum atomic E-state index is 2.35. The molecule has 1 fully saturated rings. The fourth-order valence-corrected chi connectivity index (χ4v) is 7.51. The summed E-state index contributed by atoms with van der Waals surface area (Å²) in [7, 11) is 0.0639. The van der Waals surface area contributed by atoms with Gasteiger partial charge in [-0.3, -0.25) is 0 Å². The van der Waals surface area contributed by atoms with Crippen LogP contribution in [0.5, 0.6) is 0 Å². The van der Waals surface area contributed by atoms with Crippen LogP contribution in [0.15, 0.2) is 60.7 Å². The van der Waals surface area contributed by atoms with Gasteiger partial charge in [-0.15, -0.1) is 0 Å². The Balaban J connectivity index is 1.81. The number of unbranched alkanes of at least 4 members (excludes halogenated alkanes) is 2. The van der Waals surface area contributed by atoms with Gasteiger partial charge in [0.2, 0.25) is 0 Å². The average Bonchev–Trinajstić information content (AvgIpc) is 3.01. The summed E-state index contributed by atoms with van der Waals surface area (Å²) in [5, 5.41) is 0. The summed E-state index contributed by atoms with van der Waals surface area (Å²) in [6, 6.07) is 22.6. The quantitative estimate of drug-likeness (QED) is 0.400. The zero-order valence-corrected chi connectivity index (χ0v) is 14.5. The summed E-state index contributed by atoms with van der Waals surface area (Å²) in [5.74, 6) is 0. The second-order valence-corrected chi connectivity index (χ2v) is 9.10. The molecule has 1 aliphatic heterocycles. The summed E-state index contributed by atoms with van der Waals surface area (Å²) in [5.41, 5.74) is 4.81. The normalized spacial score (nSPS) is 24.5. The molecule has 1 heterocycles. The van der Waals surface area contributed by atoms with Gasteiger partial charge in [0, 0.05) is 11.3 Å². The summed E-state index contributed by atoms with van der Waals surface area (Å²) in [4.78, 5) is 0. The molecule has 0 amide bonds. The minimum absolute atomic E-state index is 0.0639. The number of rotatable bonds is 6. The Morgan fingerprint density at radius 3 is 1.73 bits per heavy atom. The average molecular weight is 310 g/mol. The molecule has 1 aliphatic rings. The molecule has 0 saturated carbocycles. The third-order valence-electron chi connectivity index (χ3n) is 4.90. The van der Waals surface area contributed by atoms with E-state index in [9.17, 15) is 0 Å². The van der Waals surface area contributed by atoms with Crippen LogP contribution in [-0.4, -0.2) is 6.16 Å². The first-order valence-electron chi connectivity index (χ1n) is 8.75. The molecule has 0 aromatic heterocycles. The van der Waals surface area contributed by atoms with Crippen molar-refractivity contribution in [2.24, 2.45) is 0 Å². The lowest BCUT2D eigenvalue weighted by Crippen LogP contribution is -1.98. The van der Waals surface area contributed by atoms with E-state index >= 15 is 0 Å². The van der Waals surface area contributed by atoms with E-state index < -0.39 is 0 Å². The highest BCUT2D eigenvalue weighted by molar-refractivity contribution is 7.58. The maximum Gasteiger partial charge on any atom is 0.00476 e. The first-order valence-corrected chi connectivity index (χ1v) is 10.4. The molecule has 0 nitrogen and oxygen atoms in total. The van der Waals surface area contributed by atoms with Crippen LogP contribution >= 0.6 is 7.92 Å². The van der Waals surface area contributed by atoms with Crippen LogP contribution in [0.2, 0.25) is 0 Å². The van der Waals surface area contributed by atoms with E-state index in [-0.39, 0.29) is 7.92 Å². The molecule has 0 aliphatic carbocycles. The summed E-state index contributed by atoms with van der Waals surface area (Å²) < 4.78 is 0. The van der Waals surface area contributed by atoms with Crippen LogP contribution in [-0.2, 0) is 0 Å². The SMILES string of the molecule is CCCCCP1C(c2ccccc2)CCC1c1ccccc1. The minimum atomic E-state index is 0.0639. The van der Waals surface area contributed by atoms with E-state index in [4.69, 9.17) is 0 Å². The number of hydrogen-bond acceptors (Lipinski definition) is 0. The molecule has 2 atom stereocenters. The van der Waals surface area contributed by atoms with Crippen LogP contribution in [0.4, 0.5) is 0 Å². The van der Waals surface area contributed by atoms with Crippen molar-refractivity contribution >= 4 is 7.92 Å². The summed E-state index contributed by atoms with van der Waals surface area (Å²) in [6.07, 6.45) is 8.33. The van der Waals surface area contributed by atoms with Gasteiger partial charge in [0.15, 0.2) is 0 Å². The number of hydrogen-bond donors (Lipinski definition) is 0. The highest BCUT2D eigenvalue weighted by Crippen LogP contribution is 2.70. The molecule has 0 N–H and O–H groups in total. The Labute approximate surface area is 136 Å². The molecule has 0 radical (unpaired) electrons. The Morgan fingerprint density at radius 1 is 0.773 bits per heavy atom. The van der Waals surface area contributed by atoms with Crippen LogP contribution in [0.1, 0.15) is 61.5 Å². The Hall–Kier alpha value is -1.13. The van der Waals surface area contributed by atoms with Crippen molar-refractivity contribution in [1.29, 1.82) is 0 Å². The lowest BCUT2D eigenvalue weighted by atomic mass is 10.0. The van der Waals surface area contributed by atoms with Crippen molar-refractivity contribution in [3.63, 3.8) is 0 Å². The van der Waals surface area contributed by atoms with Gasteiger partial charge in [-0.25, -0.2) is 0 Å². The van der Waals surface area contributed by atoms with Crippen LogP contribution in [0, 0.1) is 0 Å². The predicted octanol–water partition coefficient (Wildman–Crippen LogP) is 6.93. The molecule has 1 heteroatoms. The Kier molecular flexibility index (Phi) is 5.68. The molecule has 3 rings (SSSR count). The van der Waals surface area contributed by atoms with Crippen LogP contribution in [0.3, 0.4) is 0 Å². The fraction of sp³-hybridized carbons (Fsp3) is 0.429. The first-order chi connectivity index (χ1) is 10.9. The molecule has 0 spiro atoms. The molecule has 2 aromatic rings. The monoisotopic (exact) mass is 310 g/mol. The molecular weight excluding hydrogens is 283 g/mol. The van der Waals surface area contributed by atoms with Gasteiger partial charge >= 0.3 is 0 Å². The summed E-state index contributed by atoms with van der Waals surface area (Å²) >= 11 is 0. The minimum Gasteiger partial charge on any atom is -0.0913 e. The third-order valence-corrected chi connectivity index (χ3v) is 8.45. The first kappa shape index (κ1) is 15.8. The Bertz CT molecular complexity index is 501. The van der Waals surface area contributed by atoms with Crippen molar-refractivity contribution in [3.05, 3.63) is 71.8 Å². The van der Waals surface area contributed by atoms with E-state index in [1.807, 2.05) is 0 Å². The van der Waals surface area contributed by atoms with E-state index in [0.29, 0.717) is 0 Å². The van der Waals surface area contributed by atoms with Crippen LogP contribution < -0.4 is 0 Å². The zero-order valence-electron chi connectivity index (χ0n) is 13.6. The Morgan fingerprint density at radius 2 is 1.27 bits per heavy atom. The lowest BCUT2D eigenvalue weighted by Gasteiger charge is -2.27. The van der Waals surface area contributed by atoms with Gasteiger partial charge in [-0.2, -0.15) is 0 Å². The zero-order chi connectivity index (χ0) is 15.2. The predicted molar refractivity (Wildman–Crippen MR) is 98.9 cm³/mol. The van der Waals surface area contributed by atoms with Gasteiger partial charge in [0.25, 0.3) is 0 Å². The topological polar surface area (TPSA) is 0 Å². The third kappa shape index (κ3) is 3.61. The van der Waals surface area contributed by atoms with Gasteiger partial charge in [0.1, 0.15) is 0 Å². The maximum absolute atomic E-state index is 2.35. The van der Waals surface area contributed by atoms with Gasteiger partial charge < -0.3 is 0 Å². The highest BCUT2D eigenvalue weighted by atomic mass is 31.1. The summed E-state index contributed by atoms with van der Waals surface area (Å²) in [6.45, 7) is 2.31. The number of benzene rings is 2. The molecule has 2 unspecified atom stereocenters. The van der Waals surface area contributed by atoms with Crippen molar-refractivity contribution in [2.75, 3.05) is 6.16 Å². The van der Waals surface area contributed by atoms with Gasteiger partial charge in [-0.05, 0) is 36.6 Å². The van der Waals surface area contributed by atoms with E-state index in [1.165, 1.54) is 38.3 Å². The fourth-order valence-electron chi connectivity index (χ4n) is 3.79. The molecule has 2 aromatic carbocycles. The van der Waals surface area contributed by atoms with E-state index in [1.54, 1.807) is 11.1 Å². The van der Waals surface area contributed by atoms with Crippen molar-refractivity contribution < 1.29 is 0 Å². The highest BCUT2D eigenvalue weighted by Gasteiger charge is 2.36. The molecular formula is C21H27P. The second-order valence-electron chi connectivity index (χ2n) is 6.38. The van der Waals surface area contributed by atoms with E-state index in [0.717, 1.165) is 11.3 Å². The largest absolute Gasteiger partial charge is 0.0913 e. The molecule has 1 saturated heterocycles. The van der Waals surface area contributed by atoms with Crippen molar-refractivity contribution in [2.45, 2.75) is 50.3 Å². The smallest absolute Gasteiger partial charge is 0.00476 e. The van der Waals surface area contributed by atoms with Crippen molar-refractivity contribution in [3.8, 4) is 0 Å². The molecule has 0 bridgehead atoms. The van der Waals surface area contributed by atoms with Crippen molar-refractivity contribution in [1.82, 2.24) is 0 Å². The van der Waals surface area contributed by atoms with Gasteiger partial charge in [-0.1, -0.05) is 88.4 Å². The second kappa shape index (κ2) is 7.93. The standard InChI is InChI=1S/C21H27P/c1-2-3-10-17-22-20(18-11-6-4-7-12-18)15-16-21(22)19-13-8-5-9-14-19/h4-9,11-14,20-21H,2-3,10,15-17H2,1H3. The molecule has 116 valence electrons.